The Morgan fingerprint density at radius 1 is 1.00 bits per heavy atom. The lowest BCUT2D eigenvalue weighted by Gasteiger charge is -2.20. The lowest BCUT2D eigenvalue weighted by Crippen LogP contribution is -2.21. The number of para-hydroxylation sites is 2. The van der Waals surface area contributed by atoms with Crippen molar-refractivity contribution in [2.75, 3.05) is 0 Å². The van der Waals surface area contributed by atoms with E-state index in [9.17, 15) is 5.11 Å². The summed E-state index contributed by atoms with van der Waals surface area (Å²) in [5, 5.41) is 16.0. The Morgan fingerprint density at radius 3 is 2.62 bits per heavy atom. The molecule has 0 fully saturated rings. The molecule has 1 N–H and O–H groups in total. The number of rotatable bonds is 4. The lowest BCUT2D eigenvalue weighted by atomic mass is 10.0. The van der Waals surface area contributed by atoms with E-state index in [1.54, 1.807) is 20.0 Å². The van der Waals surface area contributed by atoms with Gasteiger partial charge >= 0.3 is 0 Å². The van der Waals surface area contributed by atoms with E-state index < -0.39 is 5.60 Å². The first-order valence-corrected chi connectivity index (χ1v) is 8.71. The van der Waals surface area contributed by atoms with Crippen molar-refractivity contribution in [3.05, 3.63) is 89.9 Å². The van der Waals surface area contributed by atoms with Crippen molar-refractivity contribution in [3.63, 3.8) is 0 Å². The minimum atomic E-state index is -0.964. The standard InChI is InChI=1S/C22H21N3O/c1-22(2,26)21-11-12-24-25(21)20-10-6-4-8-18(20)14-16-13-17-7-3-5-9-19(17)23-15-16/h3-13,15,26H,14H2,1-2H3. The van der Waals surface area contributed by atoms with E-state index in [1.165, 1.54) is 0 Å². The van der Waals surface area contributed by atoms with Gasteiger partial charge in [0.25, 0.3) is 0 Å². The zero-order valence-electron chi connectivity index (χ0n) is 14.9. The van der Waals surface area contributed by atoms with Crippen molar-refractivity contribution in [1.82, 2.24) is 14.8 Å². The van der Waals surface area contributed by atoms with Crippen LogP contribution in [0.5, 0.6) is 0 Å². The average molecular weight is 343 g/mol. The van der Waals surface area contributed by atoms with Gasteiger partial charge in [-0.15, -0.1) is 0 Å². The van der Waals surface area contributed by atoms with E-state index in [-0.39, 0.29) is 0 Å². The molecule has 0 spiro atoms. The Kier molecular flexibility index (Phi) is 4.05. The Hall–Kier alpha value is -2.98. The highest BCUT2D eigenvalue weighted by Gasteiger charge is 2.22. The summed E-state index contributed by atoms with van der Waals surface area (Å²) in [6.07, 6.45) is 4.40. The lowest BCUT2D eigenvalue weighted by molar-refractivity contribution is 0.0711. The van der Waals surface area contributed by atoms with Gasteiger partial charge in [-0.1, -0.05) is 36.4 Å². The smallest absolute Gasteiger partial charge is 0.101 e. The van der Waals surface area contributed by atoms with Gasteiger partial charge in [-0.3, -0.25) is 4.98 Å². The molecule has 4 aromatic rings. The zero-order valence-corrected chi connectivity index (χ0v) is 14.9. The molecule has 0 aliphatic heterocycles. The van der Waals surface area contributed by atoms with Crippen LogP contribution < -0.4 is 0 Å². The second-order valence-corrected chi connectivity index (χ2v) is 7.03. The van der Waals surface area contributed by atoms with Gasteiger partial charge in [0.05, 0.1) is 16.9 Å². The fourth-order valence-electron chi connectivity index (χ4n) is 3.26. The summed E-state index contributed by atoms with van der Waals surface area (Å²) in [4.78, 5) is 4.56. The molecule has 0 aliphatic rings. The summed E-state index contributed by atoms with van der Waals surface area (Å²) in [6.45, 7) is 3.55. The van der Waals surface area contributed by atoms with Crippen molar-refractivity contribution in [1.29, 1.82) is 0 Å². The van der Waals surface area contributed by atoms with Crippen LogP contribution in [0.15, 0.2) is 73.1 Å². The second-order valence-electron chi connectivity index (χ2n) is 7.03. The molecule has 4 heteroatoms. The molecule has 2 heterocycles. The highest BCUT2D eigenvalue weighted by atomic mass is 16.3. The molecule has 0 saturated heterocycles. The molecule has 2 aromatic heterocycles. The predicted octanol–water partition coefficient (Wildman–Crippen LogP) is 4.24. The summed E-state index contributed by atoms with van der Waals surface area (Å²) in [5.41, 5.74) is 4.06. The van der Waals surface area contributed by atoms with Crippen LogP contribution in [-0.4, -0.2) is 19.9 Å². The first kappa shape index (κ1) is 16.5. The van der Waals surface area contributed by atoms with Crippen LogP contribution in [0.3, 0.4) is 0 Å². The number of aliphatic hydroxyl groups is 1. The molecule has 0 radical (unpaired) electrons. The summed E-state index contributed by atoms with van der Waals surface area (Å²) in [6, 6.07) is 20.3. The minimum Gasteiger partial charge on any atom is -0.384 e. The van der Waals surface area contributed by atoms with Gasteiger partial charge in [0, 0.05) is 24.2 Å². The summed E-state index contributed by atoms with van der Waals surface area (Å²) < 4.78 is 1.82. The summed E-state index contributed by atoms with van der Waals surface area (Å²) in [5.74, 6) is 0. The van der Waals surface area contributed by atoms with E-state index in [0.29, 0.717) is 0 Å². The van der Waals surface area contributed by atoms with Crippen molar-refractivity contribution in [2.45, 2.75) is 25.9 Å². The monoisotopic (exact) mass is 343 g/mol. The van der Waals surface area contributed by atoms with E-state index in [1.807, 2.05) is 53.3 Å². The topological polar surface area (TPSA) is 50.9 Å². The molecule has 130 valence electrons. The van der Waals surface area contributed by atoms with E-state index in [2.05, 4.69) is 28.3 Å². The number of hydrogen-bond acceptors (Lipinski definition) is 3. The largest absolute Gasteiger partial charge is 0.384 e. The van der Waals surface area contributed by atoms with Crippen molar-refractivity contribution in [3.8, 4) is 5.69 Å². The highest BCUT2D eigenvalue weighted by molar-refractivity contribution is 5.78. The molecule has 0 saturated carbocycles. The SMILES string of the molecule is CC(C)(O)c1ccnn1-c1ccccc1Cc1cnc2ccccc2c1. The number of aromatic nitrogens is 3. The first-order chi connectivity index (χ1) is 12.5. The fraction of sp³-hybridized carbons (Fsp3) is 0.182. The second kappa shape index (κ2) is 6.39. The molecule has 4 rings (SSSR count). The summed E-state index contributed by atoms with van der Waals surface area (Å²) >= 11 is 0. The van der Waals surface area contributed by atoms with Gasteiger partial charge in [-0.05, 0) is 49.2 Å². The van der Waals surface area contributed by atoms with E-state index in [0.717, 1.165) is 39.8 Å². The molecule has 0 bridgehead atoms. The number of pyridine rings is 1. The molecule has 0 amide bonds. The molecule has 4 nitrogen and oxygen atoms in total. The van der Waals surface area contributed by atoms with Crippen molar-refractivity contribution >= 4 is 10.9 Å². The molecule has 26 heavy (non-hydrogen) atoms. The predicted molar refractivity (Wildman–Crippen MR) is 103 cm³/mol. The molecular weight excluding hydrogens is 322 g/mol. The molecule has 0 unspecified atom stereocenters. The Bertz CT molecular complexity index is 1060. The fourth-order valence-corrected chi connectivity index (χ4v) is 3.26. The summed E-state index contributed by atoms with van der Waals surface area (Å²) in [7, 11) is 0. The van der Waals surface area contributed by atoms with Crippen LogP contribution in [0.4, 0.5) is 0 Å². The Morgan fingerprint density at radius 2 is 1.77 bits per heavy atom. The van der Waals surface area contributed by atoms with Crippen molar-refractivity contribution in [2.24, 2.45) is 0 Å². The first-order valence-electron chi connectivity index (χ1n) is 8.71. The number of fused-ring (bicyclic) bond motifs is 1. The van der Waals surface area contributed by atoms with Gasteiger partial charge in [0.1, 0.15) is 5.60 Å². The van der Waals surface area contributed by atoms with Crippen LogP contribution in [-0.2, 0) is 12.0 Å². The van der Waals surface area contributed by atoms with Gasteiger partial charge in [-0.25, -0.2) is 4.68 Å². The van der Waals surface area contributed by atoms with E-state index in [4.69, 9.17) is 0 Å². The quantitative estimate of drug-likeness (QED) is 0.603. The van der Waals surface area contributed by atoms with Crippen LogP contribution in [0.2, 0.25) is 0 Å². The molecular formula is C22H21N3O. The van der Waals surface area contributed by atoms with E-state index >= 15 is 0 Å². The Labute approximate surface area is 152 Å². The highest BCUT2D eigenvalue weighted by Crippen LogP contribution is 2.26. The molecule has 0 atom stereocenters. The maximum atomic E-state index is 10.4. The molecule has 2 aromatic carbocycles. The van der Waals surface area contributed by atoms with Crippen molar-refractivity contribution < 1.29 is 5.11 Å². The van der Waals surface area contributed by atoms with Gasteiger partial charge < -0.3 is 5.11 Å². The number of benzene rings is 2. The van der Waals surface area contributed by atoms with Crippen LogP contribution in [0.25, 0.3) is 16.6 Å². The van der Waals surface area contributed by atoms with Gasteiger partial charge in [0.2, 0.25) is 0 Å². The average Bonchev–Trinajstić information content (AvgIpc) is 3.12. The van der Waals surface area contributed by atoms with Crippen LogP contribution in [0, 0.1) is 0 Å². The third-order valence-electron chi connectivity index (χ3n) is 4.53. The normalized spacial score (nSPS) is 11.8. The Balaban J connectivity index is 1.75. The van der Waals surface area contributed by atoms with Gasteiger partial charge in [0.15, 0.2) is 0 Å². The minimum absolute atomic E-state index is 0.749. The van der Waals surface area contributed by atoms with Crippen LogP contribution in [0.1, 0.15) is 30.7 Å². The third kappa shape index (κ3) is 3.11. The number of nitrogens with zero attached hydrogens (tertiary/aromatic N) is 3. The maximum Gasteiger partial charge on any atom is 0.101 e. The number of hydrogen-bond donors (Lipinski definition) is 1. The molecule has 0 aliphatic carbocycles. The maximum absolute atomic E-state index is 10.4. The van der Waals surface area contributed by atoms with Crippen LogP contribution >= 0.6 is 0 Å². The van der Waals surface area contributed by atoms with Gasteiger partial charge in [-0.2, -0.15) is 5.10 Å². The zero-order chi connectivity index (χ0) is 18.1. The third-order valence-corrected chi connectivity index (χ3v) is 4.53.